The third kappa shape index (κ3) is 2.02. The number of aliphatic hydroxyl groups excluding tert-OH is 1. The fraction of sp³-hybridized carbons (Fsp3) is 0.600. The van der Waals surface area contributed by atoms with Crippen molar-refractivity contribution in [2.24, 2.45) is 5.73 Å². The zero-order valence-electron chi connectivity index (χ0n) is 11.5. The fourth-order valence-corrected chi connectivity index (χ4v) is 3.19. The van der Waals surface area contributed by atoms with Crippen molar-refractivity contribution in [1.29, 1.82) is 0 Å². The van der Waals surface area contributed by atoms with Gasteiger partial charge >= 0.3 is 0 Å². The zero-order chi connectivity index (χ0) is 13.3. The van der Waals surface area contributed by atoms with Crippen molar-refractivity contribution in [1.82, 2.24) is 0 Å². The average Bonchev–Trinajstić information content (AvgIpc) is 2.41. The van der Waals surface area contributed by atoms with Crippen molar-refractivity contribution < 1.29 is 9.84 Å². The van der Waals surface area contributed by atoms with Crippen LogP contribution >= 0.6 is 0 Å². The molecule has 1 aliphatic rings. The van der Waals surface area contributed by atoms with E-state index in [9.17, 15) is 5.11 Å². The Morgan fingerprint density at radius 3 is 2.22 bits per heavy atom. The van der Waals surface area contributed by atoms with Gasteiger partial charge in [0.1, 0.15) is 5.75 Å². The summed E-state index contributed by atoms with van der Waals surface area (Å²) in [4.78, 5) is 0. The van der Waals surface area contributed by atoms with Gasteiger partial charge in [-0.15, -0.1) is 0 Å². The molecule has 0 fully saturated rings. The highest BCUT2D eigenvalue weighted by atomic mass is 16.5. The SMILES string of the molecule is COc1c(C)c2c(c(C)c1C(O)CN)CCCC2. The minimum atomic E-state index is -0.633. The maximum absolute atomic E-state index is 10.1. The minimum Gasteiger partial charge on any atom is -0.496 e. The summed E-state index contributed by atoms with van der Waals surface area (Å²) in [5.41, 5.74) is 11.7. The molecule has 0 saturated carbocycles. The van der Waals surface area contributed by atoms with Crippen LogP contribution in [-0.2, 0) is 12.8 Å². The standard InChI is InChI=1S/C15H23NO2/c1-9-11-6-4-5-7-12(11)10(2)15(18-3)14(9)13(17)8-16/h13,17H,4-8,16H2,1-3H3. The quantitative estimate of drug-likeness (QED) is 0.863. The molecule has 0 amide bonds. The monoisotopic (exact) mass is 249 g/mol. The van der Waals surface area contributed by atoms with Crippen molar-refractivity contribution in [2.75, 3.05) is 13.7 Å². The van der Waals surface area contributed by atoms with E-state index in [0.29, 0.717) is 0 Å². The Morgan fingerprint density at radius 1 is 1.17 bits per heavy atom. The normalized spacial score (nSPS) is 16.3. The highest BCUT2D eigenvalue weighted by molar-refractivity contribution is 5.56. The van der Waals surface area contributed by atoms with Crippen LogP contribution in [0.25, 0.3) is 0 Å². The number of hydrogen-bond acceptors (Lipinski definition) is 3. The van der Waals surface area contributed by atoms with Crippen LogP contribution in [0, 0.1) is 13.8 Å². The lowest BCUT2D eigenvalue weighted by molar-refractivity contribution is 0.181. The van der Waals surface area contributed by atoms with Gasteiger partial charge < -0.3 is 15.6 Å². The van der Waals surface area contributed by atoms with E-state index >= 15 is 0 Å². The maximum Gasteiger partial charge on any atom is 0.128 e. The van der Waals surface area contributed by atoms with Gasteiger partial charge in [0.05, 0.1) is 13.2 Å². The second-order valence-corrected chi connectivity index (χ2v) is 5.11. The molecule has 1 aliphatic carbocycles. The molecule has 2 rings (SSSR count). The molecular weight excluding hydrogens is 226 g/mol. The van der Waals surface area contributed by atoms with Crippen molar-refractivity contribution in [3.63, 3.8) is 0 Å². The second kappa shape index (κ2) is 5.29. The Hall–Kier alpha value is -1.06. The first-order chi connectivity index (χ1) is 8.61. The smallest absolute Gasteiger partial charge is 0.128 e. The average molecular weight is 249 g/mol. The molecule has 18 heavy (non-hydrogen) atoms. The Bertz CT molecular complexity index is 455. The summed E-state index contributed by atoms with van der Waals surface area (Å²) in [5, 5.41) is 10.1. The molecule has 0 aliphatic heterocycles. The Labute approximate surface area is 109 Å². The van der Waals surface area contributed by atoms with Gasteiger partial charge in [-0.2, -0.15) is 0 Å². The lowest BCUT2D eigenvalue weighted by Gasteiger charge is -2.27. The number of ether oxygens (including phenoxy) is 1. The third-order valence-electron chi connectivity index (χ3n) is 4.12. The van der Waals surface area contributed by atoms with E-state index in [1.54, 1.807) is 7.11 Å². The number of methoxy groups -OCH3 is 1. The number of hydrogen-bond donors (Lipinski definition) is 2. The van der Waals surface area contributed by atoms with E-state index in [1.807, 2.05) is 0 Å². The Morgan fingerprint density at radius 2 is 1.72 bits per heavy atom. The van der Waals surface area contributed by atoms with Crippen LogP contribution < -0.4 is 10.5 Å². The number of aliphatic hydroxyl groups is 1. The largest absolute Gasteiger partial charge is 0.496 e. The van der Waals surface area contributed by atoms with Crippen LogP contribution in [0.3, 0.4) is 0 Å². The van der Waals surface area contributed by atoms with Gasteiger partial charge in [0.25, 0.3) is 0 Å². The molecule has 1 aromatic carbocycles. The van der Waals surface area contributed by atoms with Crippen molar-refractivity contribution in [2.45, 2.75) is 45.6 Å². The molecule has 1 aromatic rings. The van der Waals surface area contributed by atoms with Crippen LogP contribution in [0.4, 0.5) is 0 Å². The predicted molar refractivity (Wildman–Crippen MR) is 73.1 cm³/mol. The van der Waals surface area contributed by atoms with Gasteiger partial charge in [-0.3, -0.25) is 0 Å². The van der Waals surface area contributed by atoms with E-state index in [-0.39, 0.29) is 6.54 Å². The van der Waals surface area contributed by atoms with E-state index < -0.39 is 6.10 Å². The molecule has 3 heteroatoms. The highest BCUT2D eigenvalue weighted by Gasteiger charge is 2.24. The first-order valence-corrected chi connectivity index (χ1v) is 6.68. The molecule has 0 radical (unpaired) electrons. The predicted octanol–water partition coefficient (Wildman–Crippen LogP) is 2.18. The number of nitrogens with two attached hydrogens (primary N) is 1. The number of benzene rings is 1. The minimum absolute atomic E-state index is 0.232. The summed E-state index contributed by atoms with van der Waals surface area (Å²) < 4.78 is 5.53. The van der Waals surface area contributed by atoms with Crippen LogP contribution in [-0.4, -0.2) is 18.8 Å². The van der Waals surface area contributed by atoms with Crippen molar-refractivity contribution in [3.05, 3.63) is 27.8 Å². The summed E-state index contributed by atoms with van der Waals surface area (Å²) in [5.74, 6) is 0.825. The van der Waals surface area contributed by atoms with Gasteiger partial charge in [0.15, 0.2) is 0 Å². The molecule has 0 aromatic heterocycles. The maximum atomic E-state index is 10.1. The van der Waals surface area contributed by atoms with E-state index in [4.69, 9.17) is 10.5 Å². The topological polar surface area (TPSA) is 55.5 Å². The first-order valence-electron chi connectivity index (χ1n) is 6.68. The zero-order valence-corrected chi connectivity index (χ0v) is 11.5. The molecule has 100 valence electrons. The van der Waals surface area contributed by atoms with Gasteiger partial charge in [0.2, 0.25) is 0 Å². The summed E-state index contributed by atoms with van der Waals surface area (Å²) in [6, 6.07) is 0. The first kappa shape index (κ1) is 13.4. The number of fused-ring (bicyclic) bond motifs is 1. The highest BCUT2D eigenvalue weighted by Crippen LogP contribution is 2.39. The number of rotatable bonds is 3. The van der Waals surface area contributed by atoms with Gasteiger partial charge in [0, 0.05) is 12.1 Å². The molecule has 3 nitrogen and oxygen atoms in total. The second-order valence-electron chi connectivity index (χ2n) is 5.11. The van der Waals surface area contributed by atoms with Gasteiger partial charge in [-0.1, -0.05) is 0 Å². The van der Waals surface area contributed by atoms with Gasteiger partial charge in [-0.05, 0) is 61.8 Å². The van der Waals surface area contributed by atoms with Crippen LogP contribution in [0.5, 0.6) is 5.75 Å². The molecule has 0 bridgehead atoms. The molecule has 0 spiro atoms. The molecule has 0 saturated heterocycles. The van der Waals surface area contributed by atoms with Gasteiger partial charge in [-0.25, -0.2) is 0 Å². The summed E-state index contributed by atoms with van der Waals surface area (Å²) in [6.07, 6.45) is 4.08. The molecule has 3 N–H and O–H groups in total. The summed E-state index contributed by atoms with van der Waals surface area (Å²) >= 11 is 0. The van der Waals surface area contributed by atoms with E-state index in [0.717, 1.165) is 24.2 Å². The van der Waals surface area contributed by atoms with Crippen molar-refractivity contribution >= 4 is 0 Å². The molecule has 0 heterocycles. The molecular formula is C15H23NO2. The molecule has 1 unspecified atom stereocenters. The van der Waals surface area contributed by atoms with Crippen LogP contribution in [0.1, 0.15) is 46.8 Å². The Kier molecular flexibility index (Phi) is 3.93. The fourth-order valence-electron chi connectivity index (χ4n) is 3.19. The lowest BCUT2D eigenvalue weighted by atomic mass is 9.82. The summed E-state index contributed by atoms with van der Waals surface area (Å²) in [6.45, 7) is 4.41. The third-order valence-corrected chi connectivity index (χ3v) is 4.12. The molecule has 1 atom stereocenters. The van der Waals surface area contributed by atoms with Crippen LogP contribution in [0.2, 0.25) is 0 Å². The van der Waals surface area contributed by atoms with E-state index in [1.165, 1.54) is 35.1 Å². The van der Waals surface area contributed by atoms with Crippen molar-refractivity contribution in [3.8, 4) is 5.75 Å². The Balaban J connectivity index is 2.68. The lowest BCUT2D eigenvalue weighted by Crippen LogP contribution is -2.18. The van der Waals surface area contributed by atoms with Crippen LogP contribution in [0.15, 0.2) is 0 Å². The van der Waals surface area contributed by atoms with E-state index in [2.05, 4.69) is 13.8 Å². The summed E-state index contributed by atoms with van der Waals surface area (Å²) in [7, 11) is 1.67.